The van der Waals surface area contributed by atoms with Gasteiger partial charge in [0, 0.05) is 36.4 Å². The zero-order valence-electron chi connectivity index (χ0n) is 16.9. The molecule has 1 saturated carbocycles. The number of benzene rings is 1. The van der Waals surface area contributed by atoms with Gasteiger partial charge >= 0.3 is 0 Å². The Hall–Kier alpha value is -2.49. The summed E-state index contributed by atoms with van der Waals surface area (Å²) in [6, 6.07) is 13.9. The van der Waals surface area contributed by atoms with Crippen molar-refractivity contribution in [2.75, 3.05) is 16.9 Å². The molecule has 0 radical (unpaired) electrons. The van der Waals surface area contributed by atoms with Gasteiger partial charge in [0.1, 0.15) is 5.82 Å². The van der Waals surface area contributed by atoms with E-state index in [-0.39, 0.29) is 5.41 Å². The van der Waals surface area contributed by atoms with E-state index >= 15 is 0 Å². The van der Waals surface area contributed by atoms with Crippen molar-refractivity contribution < 1.29 is 0 Å². The maximum Gasteiger partial charge on any atom is 0.126 e. The Bertz CT molecular complexity index is 828. The summed E-state index contributed by atoms with van der Waals surface area (Å²) in [4.78, 5) is 9.19. The number of nitrogens with zero attached hydrogens (tertiary/aromatic N) is 3. The summed E-state index contributed by atoms with van der Waals surface area (Å²) in [6.07, 6.45) is 6.69. The van der Waals surface area contributed by atoms with Crippen molar-refractivity contribution in [3.8, 4) is 0 Å². The number of hydrogen-bond acceptors (Lipinski definition) is 4. The average Bonchev–Trinajstić information content (AvgIpc) is 3.37. The zero-order valence-corrected chi connectivity index (χ0v) is 16.9. The fourth-order valence-electron chi connectivity index (χ4n) is 3.44. The molecular weight excluding hydrogens is 332 g/mol. The quantitative estimate of drug-likeness (QED) is 0.802. The third-order valence-electron chi connectivity index (χ3n) is 5.36. The monoisotopic (exact) mass is 362 g/mol. The highest BCUT2D eigenvalue weighted by Crippen LogP contribution is 2.29. The highest BCUT2D eigenvalue weighted by Gasteiger charge is 2.22. The van der Waals surface area contributed by atoms with Crippen LogP contribution < -0.4 is 10.2 Å². The molecule has 142 valence electrons. The average molecular weight is 363 g/mol. The van der Waals surface area contributed by atoms with Crippen LogP contribution in [0.3, 0.4) is 0 Å². The minimum absolute atomic E-state index is 0.189. The first kappa shape index (κ1) is 17.9. The van der Waals surface area contributed by atoms with Crippen molar-refractivity contribution in [1.82, 2.24) is 9.88 Å². The van der Waals surface area contributed by atoms with Gasteiger partial charge in [0.2, 0.25) is 0 Å². The molecule has 0 bridgehead atoms. The Morgan fingerprint density at radius 3 is 2.52 bits per heavy atom. The third kappa shape index (κ3) is 4.26. The summed E-state index contributed by atoms with van der Waals surface area (Å²) in [6.45, 7) is 10.7. The molecule has 0 spiro atoms. The third-order valence-corrected chi connectivity index (χ3v) is 5.36. The van der Waals surface area contributed by atoms with Crippen LogP contribution in [0.15, 0.2) is 54.5 Å². The van der Waals surface area contributed by atoms with Crippen molar-refractivity contribution in [1.29, 1.82) is 0 Å². The molecule has 4 rings (SSSR count). The van der Waals surface area contributed by atoms with E-state index in [2.05, 4.69) is 90.4 Å². The van der Waals surface area contributed by atoms with Gasteiger partial charge < -0.3 is 15.1 Å². The lowest BCUT2D eigenvalue weighted by atomic mass is 9.87. The Balaban J connectivity index is 1.42. The predicted octanol–water partition coefficient (Wildman–Crippen LogP) is 5.09. The maximum absolute atomic E-state index is 4.45. The standard InChI is InChI=1S/C23H30N4/c1-17-14-27(21-9-5-19(6-10-21)23(2,3)4)16-26(17)15-18-11-12-24-22(13-18)25-20-7-8-20/h5-6,9-14,20H,7-8,15-16H2,1-4H3,(H,24,25). The van der Waals surface area contributed by atoms with Crippen LogP contribution in [0.25, 0.3) is 0 Å². The molecule has 0 unspecified atom stereocenters. The Kier molecular flexibility index (Phi) is 4.58. The summed E-state index contributed by atoms with van der Waals surface area (Å²) in [5, 5.41) is 3.49. The molecule has 1 N–H and O–H groups in total. The number of nitrogens with one attached hydrogen (secondary N) is 1. The molecule has 0 saturated heterocycles. The van der Waals surface area contributed by atoms with E-state index in [0.29, 0.717) is 6.04 Å². The molecule has 4 nitrogen and oxygen atoms in total. The van der Waals surface area contributed by atoms with Gasteiger partial charge in [0.25, 0.3) is 0 Å². The largest absolute Gasteiger partial charge is 0.367 e. The molecule has 0 atom stereocenters. The lowest BCUT2D eigenvalue weighted by Gasteiger charge is -2.24. The first-order chi connectivity index (χ1) is 12.9. The van der Waals surface area contributed by atoms with E-state index in [0.717, 1.165) is 19.0 Å². The van der Waals surface area contributed by atoms with E-state index in [1.807, 2.05) is 6.20 Å². The first-order valence-corrected chi connectivity index (χ1v) is 9.90. The molecule has 1 aromatic carbocycles. The van der Waals surface area contributed by atoms with Gasteiger partial charge in [0.05, 0.1) is 6.67 Å². The number of hydrogen-bond donors (Lipinski definition) is 1. The molecule has 1 aromatic heterocycles. The van der Waals surface area contributed by atoms with E-state index in [9.17, 15) is 0 Å². The SMILES string of the molecule is CC1=CN(c2ccc(C(C)(C)C)cc2)CN1Cc1ccnc(NC2CC2)c1. The van der Waals surface area contributed by atoms with Crippen molar-refractivity contribution in [2.45, 2.75) is 58.5 Å². The van der Waals surface area contributed by atoms with E-state index in [1.165, 1.54) is 35.4 Å². The second-order valence-electron chi connectivity index (χ2n) is 8.84. The smallest absolute Gasteiger partial charge is 0.126 e. The van der Waals surface area contributed by atoms with Crippen molar-refractivity contribution in [3.05, 3.63) is 65.6 Å². The minimum Gasteiger partial charge on any atom is -0.367 e. The molecule has 0 amide bonds. The first-order valence-electron chi connectivity index (χ1n) is 9.90. The molecule has 2 aliphatic rings. The Morgan fingerprint density at radius 1 is 1.11 bits per heavy atom. The van der Waals surface area contributed by atoms with Gasteiger partial charge in [-0.05, 0) is 60.6 Å². The molecule has 1 aliphatic carbocycles. The van der Waals surface area contributed by atoms with Gasteiger partial charge in [-0.3, -0.25) is 0 Å². The molecule has 2 aromatic rings. The van der Waals surface area contributed by atoms with Gasteiger partial charge in [-0.1, -0.05) is 32.9 Å². The van der Waals surface area contributed by atoms with Gasteiger partial charge in [-0.2, -0.15) is 0 Å². The molecule has 1 fully saturated rings. The highest BCUT2D eigenvalue weighted by molar-refractivity contribution is 5.53. The number of aromatic nitrogens is 1. The zero-order chi connectivity index (χ0) is 19.0. The topological polar surface area (TPSA) is 31.4 Å². The minimum atomic E-state index is 0.189. The molecule has 2 heterocycles. The fourth-order valence-corrected chi connectivity index (χ4v) is 3.44. The van der Waals surface area contributed by atoms with Crippen LogP contribution in [-0.2, 0) is 12.0 Å². The number of pyridine rings is 1. The molecule has 4 heteroatoms. The van der Waals surface area contributed by atoms with Crippen LogP contribution in [0.2, 0.25) is 0 Å². The van der Waals surface area contributed by atoms with Crippen molar-refractivity contribution in [3.63, 3.8) is 0 Å². The van der Waals surface area contributed by atoms with Crippen LogP contribution in [0, 0.1) is 0 Å². The lowest BCUT2D eigenvalue weighted by Crippen LogP contribution is -2.26. The summed E-state index contributed by atoms with van der Waals surface area (Å²) < 4.78 is 0. The van der Waals surface area contributed by atoms with Gasteiger partial charge in [-0.15, -0.1) is 0 Å². The summed E-state index contributed by atoms with van der Waals surface area (Å²) in [5.41, 5.74) is 5.40. The van der Waals surface area contributed by atoms with E-state index in [1.54, 1.807) is 0 Å². The summed E-state index contributed by atoms with van der Waals surface area (Å²) in [7, 11) is 0. The lowest BCUT2D eigenvalue weighted by molar-refractivity contribution is 0.370. The van der Waals surface area contributed by atoms with Crippen LogP contribution in [0.1, 0.15) is 51.7 Å². The van der Waals surface area contributed by atoms with E-state index < -0.39 is 0 Å². The normalized spacial score (nSPS) is 17.3. The number of anilines is 2. The summed E-state index contributed by atoms with van der Waals surface area (Å²) >= 11 is 0. The van der Waals surface area contributed by atoms with Gasteiger partial charge in [0.15, 0.2) is 0 Å². The Morgan fingerprint density at radius 2 is 1.85 bits per heavy atom. The van der Waals surface area contributed by atoms with Crippen LogP contribution >= 0.6 is 0 Å². The number of allylic oxidation sites excluding steroid dienone is 1. The second-order valence-corrected chi connectivity index (χ2v) is 8.84. The van der Waals surface area contributed by atoms with Crippen LogP contribution in [0.4, 0.5) is 11.5 Å². The molecule has 27 heavy (non-hydrogen) atoms. The predicted molar refractivity (Wildman–Crippen MR) is 113 cm³/mol. The summed E-state index contributed by atoms with van der Waals surface area (Å²) in [5.74, 6) is 1.01. The van der Waals surface area contributed by atoms with Crippen molar-refractivity contribution >= 4 is 11.5 Å². The second kappa shape index (κ2) is 6.91. The van der Waals surface area contributed by atoms with Crippen LogP contribution in [-0.4, -0.2) is 22.6 Å². The van der Waals surface area contributed by atoms with E-state index in [4.69, 9.17) is 0 Å². The van der Waals surface area contributed by atoms with Crippen molar-refractivity contribution in [2.24, 2.45) is 0 Å². The Labute approximate surface area is 162 Å². The van der Waals surface area contributed by atoms with Gasteiger partial charge in [-0.25, -0.2) is 4.98 Å². The maximum atomic E-state index is 4.45. The fraction of sp³-hybridized carbons (Fsp3) is 0.435. The van der Waals surface area contributed by atoms with Crippen LogP contribution in [0.5, 0.6) is 0 Å². The number of rotatable bonds is 5. The molecule has 1 aliphatic heterocycles. The molecular formula is C23H30N4. The highest BCUT2D eigenvalue weighted by atomic mass is 15.4.